The fraction of sp³-hybridized carbons (Fsp3) is 0.312. The largest absolute Gasteiger partial charge is 0.353 e. The maximum Gasteiger partial charge on any atom is 0.251 e. The van der Waals surface area contributed by atoms with Crippen LogP contribution in [0, 0.1) is 13.8 Å². The average Bonchev–Trinajstić information content (AvgIpc) is 2.83. The van der Waals surface area contributed by atoms with E-state index < -0.39 is 0 Å². The van der Waals surface area contributed by atoms with E-state index in [2.05, 4.69) is 15.7 Å². The number of amides is 2. The summed E-state index contributed by atoms with van der Waals surface area (Å²) in [5.74, 6) is -0.472. The van der Waals surface area contributed by atoms with Gasteiger partial charge in [0.15, 0.2) is 0 Å². The molecule has 0 bridgehead atoms. The highest BCUT2D eigenvalue weighted by Gasteiger charge is 2.07. The summed E-state index contributed by atoms with van der Waals surface area (Å²) in [6.07, 6.45) is 0. The lowest BCUT2D eigenvalue weighted by atomic mass is 10.2. The van der Waals surface area contributed by atoms with E-state index in [9.17, 15) is 9.59 Å². The van der Waals surface area contributed by atoms with Crippen LogP contribution in [0.15, 0.2) is 36.4 Å². The standard InChI is InChI=1S/C16H20N4O2/c1-12-10-13(2)20(19-12)9-8-17-15(21)11-18-16(22)14-6-4-3-5-7-14/h3-7,10H,8-9,11H2,1-2H3,(H,17,21)(H,18,22). The molecule has 0 aliphatic heterocycles. The first-order valence-corrected chi connectivity index (χ1v) is 7.17. The van der Waals surface area contributed by atoms with Crippen LogP contribution in [-0.2, 0) is 11.3 Å². The zero-order chi connectivity index (χ0) is 15.9. The molecule has 0 spiro atoms. The van der Waals surface area contributed by atoms with Crippen LogP contribution in [0.25, 0.3) is 0 Å². The molecule has 0 radical (unpaired) electrons. The number of benzene rings is 1. The van der Waals surface area contributed by atoms with E-state index in [1.54, 1.807) is 24.3 Å². The fourth-order valence-corrected chi connectivity index (χ4v) is 2.12. The van der Waals surface area contributed by atoms with Crippen LogP contribution in [-0.4, -0.2) is 34.7 Å². The van der Waals surface area contributed by atoms with Crippen molar-refractivity contribution in [1.82, 2.24) is 20.4 Å². The van der Waals surface area contributed by atoms with Gasteiger partial charge >= 0.3 is 0 Å². The summed E-state index contributed by atoms with van der Waals surface area (Å²) in [5.41, 5.74) is 2.56. The molecule has 2 aromatic rings. The molecule has 0 aliphatic rings. The van der Waals surface area contributed by atoms with E-state index in [0.29, 0.717) is 18.7 Å². The van der Waals surface area contributed by atoms with Gasteiger partial charge in [0.05, 0.1) is 18.8 Å². The van der Waals surface area contributed by atoms with Gasteiger partial charge < -0.3 is 10.6 Å². The third-order valence-electron chi connectivity index (χ3n) is 3.19. The molecule has 0 aliphatic carbocycles. The van der Waals surface area contributed by atoms with E-state index in [4.69, 9.17) is 0 Å². The van der Waals surface area contributed by atoms with Crippen LogP contribution in [0.3, 0.4) is 0 Å². The van der Waals surface area contributed by atoms with Gasteiger partial charge in [0, 0.05) is 17.8 Å². The van der Waals surface area contributed by atoms with Gasteiger partial charge in [-0.25, -0.2) is 0 Å². The van der Waals surface area contributed by atoms with Crippen LogP contribution >= 0.6 is 0 Å². The third-order valence-corrected chi connectivity index (χ3v) is 3.19. The molecule has 2 N–H and O–H groups in total. The Morgan fingerprint density at radius 3 is 2.50 bits per heavy atom. The molecule has 2 amide bonds. The van der Waals surface area contributed by atoms with Crippen LogP contribution in [0.4, 0.5) is 0 Å². The molecule has 1 heterocycles. The fourth-order valence-electron chi connectivity index (χ4n) is 2.12. The average molecular weight is 300 g/mol. The number of hydrogen-bond donors (Lipinski definition) is 2. The monoisotopic (exact) mass is 300 g/mol. The van der Waals surface area contributed by atoms with Gasteiger partial charge in [-0.2, -0.15) is 5.10 Å². The minimum atomic E-state index is -0.255. The Morgan fingerprint density at radius 1 is 1.14 bits per heavy atom. The number of nitrogens with zero attached hydrogens (tertiary/aromatic N) is 2. The van der Waals surface area contributed by atoms with Gasteiger partial charge in [0.1, 0.15) is 0 Å². The maximum atomic E-state index is 11.8. The Hall–Kier alpha value is -2.63. The number of carbonyl (C=O) groups excluding carboxylic acids is 2. The number of carbonyl (C=O) groups is 2. The molecular formula is C16H20N4O2. The maximum absolute atomic E-state index is 11.8. The van der Waals surface area contributed by atoms with Crippen LogP contribution in [0.2, 0.25) is 0 Å². The lowest BCUT2D eigenvalue weighted by Gasteiger charge is -2.08. The van der Waals surface area contributed by atoms with Crippen molar-refractivity contribution in [3.63, 3.8) is 0 Å². The predicted molar refractivity (Wildman–Crippen MR) is 83.5 cm³/mol. The Morgan fingerprint density at radius 2 is 1.86 bits per heavy atom. The van der Waals surface area contributed by atoms with Gasteiger partial charge in [-0.3, -0.25) is 14.3 Å². The zero-order valence-corrected chi connectivity index (χ0v) is 12.8. The first-order chi connectivity index (χ1) is 10.6. The number of nitrogens with one attached hydrogen (secondary N) is 2. The first-order valence-electron chi connectivity index (χ1n) is 7.17. The summed E-state index contributed by atoms with van der Waals surface area (Å²) in [7, 11) is 0. The molecule has 22 heavy (non-hydrogen) atoms. The van der Waals surface area contributed by atoms with Crippen molar-refractivity contribution in [2.75, 3.05) is 13.1 Å². The number of hydrogen-bond acceptors (Lipinski definition) is 3. The number of rotatable bonds is 6. The molecule has 0 saturated heterocycles. The summed E-state index contributed by atoms with van der Waals surface area (Å²) in [4.78, 5) is 23.5. The summed E-state index contributed by atoms with van der Waals surface area (Å²) in [6.45, 7) is 4.95. The molecule has 0 unspecified atom stereocenters. The third kappa shape index (κ3) is 4.44. The molecule has 0 fully saturated rings. The van der Waals surface area contributed by atoms with Gasteiger partial charge in [-0.15, -0.1) is 0 Å². The number of aryl methyl sites for hydroxylation is 2. The summed E-state index contributed by atoms with van der Waals surface area (Å²) in [6, 6.07) is 10.8. The minimum Gasteiger partial charge on any atom is -0.353 e. The SMILES string of the molecule is Cc1cc(C)n(CCNC(=O)CNC(=O)c2ccccc2)n1. The normalized spacial score (nSPS) is 10.3. The predicted octanol–water partition coefficient (Wildman–Crippen LogP) is 1.05. The molecule has 2 rings (SSSR count). The summed E-state index contributed by atoms with van der Waals surface area (Å²) in [5, 5.41) is 9.67. The van der Waals surface area contributed by atoms with Crippen molar-refractivity contribution in [3.8, 4) is 0 Å². The highest BCUT2D eigenvalue weighted by Crippen LogP contribution is 2.00. The highest BCUT2D eigenvalue weighted by molar-refractivity contribution is 5.96. The molecule has 6 heteroatoms. The molecule has 0 saturated carbocycles. The van der Waals surface area contributed by atoms with Crippen LogP contribution < -0.4 is 10.6 Å². The van der Waals surface area contributed by atoms with E-state index in [-0.39, 0.29) is 18.4 Å². The van der Waals surface area contributed by atoms with E-state index in [1.807, 2.05) is 30.7 Å². The molecule has 116 valence electrons. The van der Waals surface area contributed by atoms with Crippen LogP contribution in [0.1, 0.15) is 21.7 Å². The zero-order valence-electron chi connectivity index (χ0n) is 12.8. The van der Waals surface area contributed by atoms with Crippen molar-refractivity contribution in [2.45, 2.75) is 20.4 Å². The van der Waals surface area contributed by atoms with Crippen molar-refractivity contribution < 1.29 is 9.59 Å². The van der Waals surface area contributed by atoms with Crippen molar-refractivity contribution in [2.24, 2.45) is 0 Å². The number of aromatic nitrogens is 2. The second kappa shape index (κ2) is 7.40. The minimum absolute atomic E-state index is 0.0369. The summed E-state index contributed by atoms with van der Waals surface area (Å²) < 4.78 is 1.85. The molecule has 1 aromatic carbocycles. The van der Waals surface area contributed by atoms with Crippen molar-refractivity contribution in [1.29, 1.82) is 0 Å². The Labute approximate surface area is 129 Å². The quantitative estimate of drug-likeness (QED) is 0.837. The van der Waals surface area contributed by atoms with Gasteiger partial charge in [0.25, 0.3) is 5.91 Å². The molecule has 1 aromatic heterocycles. The van der Waals surface area contributed by atoms with Crippen molar-refractivity contribution >= 4 is 11.8 Å². The van der Waals surface area contributed by atoms with Gasteiger partial charge in [-0.1, -0.05) is 18.2 Å². The summed E-state index contributed by atoms with van der Waals surface area (Å²) >= 11 is 0. The first kappa shape index (κ1) is 15.8. The smallest absolute Gasteiger partial charge is 0.251 e. The lowest BCUT2D eigenvalue weighted by Crippen LogP contribution is -2.38. The highest BCUT2D eigenvalue weighted by atomic mass is 16.2. The molecule has 6 nitrogen and oxygen atoms in total. The Bertz CT molecular complexity index is 649. The van der Waals surface area contributed by atoms with Crippen LogP contribution in [0.5, 0.6) is 0 Å². The van der Waals surface area contributed by atoms with Gasteiger partial charge in [-0.05, 0) is 32.0 Å². The topological polar surface area (TPSA) is 76.0 Å². The molecule has 0 atom stereocenters. The second-order valence-electron chi connectivity index (χ2n) is 5.05. The van der Waals surface area contributed by atoms with E-state index >= 15 is 0 Å². The second-order valence-corrected chi connectivity index (χ2v) is 5.05. The molecular weight excluding hydrogens is 280 g/mol. The van der Waals surface area contributed by atoms with E-state index in [1.165, 1.54) is 0 Å². The van der Waals surface area contributed by atoms with E-state index in [0.717, 1.165) is 11.4 Å². The lowest BCUT2D eigenvalue weighted by molar-refractivity contribution is -0.120. The van der Waals surface area contributed by atoms with Gasteiger partial charge in [0.2, 0.25) is 5.91 Å². The Kier molecular flexibility index (Phi) is 5.30. The Balaban J connectivity index is 1.70. The van der Waals surface area contributed by atoms with Crippen molar-refractivity contribution in [3.05, 3.63) is 53.3 Å².